The van der Waals surface area contributed by atoms with Crippen molar-refractivity contribution in [1.82, 2.24) is 20.5 Å². The highest BCUT2D eigenvalue weighted by atomic mass is 127. The van der Waals surface area contributed by atoms with Crippen LogP contribution in [0.4, 0.5) is 0 Å². The maximum absolute atomic E-state index is 4.54. The third-order valence-electron chi connectivity index (χ3n) is 4.10. The minimum absolute atomic E-state index is 0. The fourth-order valence-corrected chi connectivity index (χ4v) is 3.54. The van der Waals surface area contributed by atoms with E-state index in [1.807, 2.05) is 7.05 Å². The van der Waals surface area contributed by atoms with Gasteiger partial charge in [0.2, 0.25) is 0 Å². The van der Waals surface area contributed by atoms with Gasteiger partial charge in [-0.3, -0.25) is 4.99 Å². The van der Waals surface area contributed by atoms with Gasteiger partial charge in [0.1, 0.15) is 5.01 Å². The molecule has 1 aromatic rings. The number of rotatable bonds is 7. The van der Waals surface area contributed by atoms with Crippen LogP contribution < -0.4 is 10.6 Å². The van der Waals surface area contributed by atoms with Crippen molar-refractivity contribution in [3.05, 3.63) is 15.6 Å². The summed E-state index contributed by atoms with van der Waals surface area (Å²) in [6.45, 7) is 9.72. The monoisotopic (exact) mass is 451 g/mol. The summed E-state index contributed by atoms with van der Waals surface area (Å²) in [4.78, 5) is 12.7. The van der Waals surface area contributed by atoms with Gasteiger partial charge in [0.25, 0.3) is 0 Å². The molecule has 0 spiro atoms. The van der Waals surface area contributed by atoms with Crippen LogP contribution in [0.5, 0.6) is 0 Å². The lowest BCUT2D eigenvalue weighted by molar-refractivity contribution is 0.330. The van der Waals surface area contributed by atoms with Crippen molar-refractivity contribution in [2.45, 2.75) is 46.1 Å². The quantitative estimate of drug-likeness (QED) is 0.290. The molecule has 2 rings (SSSR count). The Morgan fingerprint density at radius 1 is 1.22 bits per heavy atom. The van der Waals surface area contributed by atoms with Gasteiger partial charge in [-0.1, -0.05) is 0 Å². The lowest BCUT2D eigenvalue weighted by Crippen LogP contribution is -2.37. The van der Waals surface area contributed by atoms with Gasteiger partial charge in [0, 0.05) is 18.5 Å². The molecular formula is C16H30IN5S. The zero-order chi connectivity index (χ0) is 15.8. The van der Waals surface area contributed by atoms with Crippen molar-refractivity contribution < 1.29 is 0 Å². The molecule has 7 heteroatoms. The van der Waals surface area contributed by atoms with E-state index in [0.29, 0.717) is 0 Å². The van der Waals surface area contributed by atoms with E-state index in [1.165, 1.54) is 50.2 Å². The van der Waals surface area contributed by atoms with Crippen molar-refractivity contribution in [3.63, 3.8) is 0 Å². The molecule has 1 fully saturated rings. The van der Waals surface area contributed by atoms with E-state index in [1.54, 1.807) is 11.3 Å². The molecule has 1 saturated heterocycles. The van der Waals surface area contributed by atoms with Crippen LogP contribution in [0.25, 0.3) is 0 Å². The number of nitrogens with one attached hydrogen (secondary N) is 2. The van der Waals surface area contributed by atoms with Gasteiger partial charge in [-0.2, -0.15) is 0 Å². The summed E-state index contributed by atoms with van der Waals surface area (Å²) in [5.74, 6) is 0.867. The zero-order valence-electron chi connectivity index (χ0n) is 14.5. The SMILES string of the molecule is CN=C(NCCCCN1CCCC1)NCc1nc(C)c(C)s1.I. The molecule has 23 heavy (non-hydrogen) atoms. The topological polar surface area (TPSA) is 52.6 Å². The molecule has 0 saturated carbocycles. The van der Waals surface area contributed by atoms with E-state index in [2.05, 4.69) is 39.4 Å². The number of aryl methyl sites for hydroxylation is 2. The Kier molecular flexibility index (Phi) is 10.0. The molecule has 0 aromatic carbocycles. The van der Waals surface area contributed by atoms with Crippen LogP contribution in [-0.4, -0.2) is 49.1 Å². The van der Waals surface area contributed by atoms with Crippen LogP contribution in [-0.2, 0) is 6.54 Å². The average Bonchev–Trinajstić information content (AvgIpc) is 3.12. The molecule has 2 heterocycles. The average molecular weight is 451 g/mol. The Morgan fingerprint density at radius 3 is 2.57 bits per heavy atom. The molecule has 0 amide bonds. The summed E-state index contributed by atoms with van der Waals surface area (Å²) in [6, 6.07) is 0. The molecule has 0 bridgehead atoms. The summed E-state index contributed by atoms with van der Waals surface area (Å²) in [5, 5.41) is 7.84. The molecule has 1 aliphatic heterocycles. The second kappa shape index (κ2) is 11.2. The first-order valence-corrected chi connectivity index (χ1v) is 9.10. The normalized spacial score (nSPS) is 15.5. The highest BCUT2D eigenvalue weighted by molar-refractivity contribution is 14.0. The van der Waals surface area contributed by atoms with Crippen molar-refractivity contribution in [3.8, 4) is 0 Å². The standard InChI is InChI=1S/C16H29N5S.HI/c1-13-14(2)22-15(20-13)12-19-16(17-3)18-8-4-5-9-21-10-6-7-11-21;/h4-12H2,1-3H3,(H2,17,18,19);1H. The first-order valence-electron chi connectivity index (χ1n) is 8.29. The van der Waals surface area contributed by atoms with Gasteiger partial charge in [-0.15, -0.1) is 35.3 Å². The number of aliphatic imine (C=N–C) groups is 1. The van der Waals surface area contributed by atoms with Crippen molar-refractivity contribution in [2.75, 3.05) is 33.2 Å². The van der Waals surface area contributed by atoms with E-state index >= 15 is 0 Å². The number of hydrogen-bond donors (Lipinski definition) is 2. The third kappa shape index (κ3) is 7.34. The summed E-state index contributed by atoms with van der Waals surface area (Å²) in [6.07, 6.45) is 5.20. The van der Waals surface area contributed by atoms with Gasteiger partial charge >= 0.3 is 0 Å². The van der Waals surface area contributed by atoms with E-state index in [4.69, 9.17) is 0 Å². The minimum atomic E-state index is 0. The van der Waals surface area contributed by atoms with E-state index in [0.717, 1.165) is 29.8 Å². The fraction of sp³-hybridized carbons (Fsp3) is 0.750. The van der Waals surface area contributed by atoms with Gasteiger partial charge in [-0.05, 0) is 59.2 Å². The lowest BCUT2D eigenvalue weighted by Gasteiger charge is -2.15. The maximum atomic E-state index is 4.54. The lowest BCUT2D eigenvalue weighted by atomic mass is 10.3. The molecule has 0 unspecified atom stereocenters. The van der Waals surface area contributed by atoms with Gasteiger partial charge in [0.05, 0.1) is 12.2 Å². The molecule has 132 valence electrons. The predicted molar refractivity (Wildman–Crippen MR) is 110 cm³/mol. The van der Waals surface area contributed by atoms with Gasteiger partial charge < -0.3 is 15.5 Å². The molecule has 1 aromatic heterocycles. The number of likely N-dealkylation sites (tertiary alicyclic amines) is 1. The van der Waals surface area contributed by atoms with Crippen LogP contribution >= 0.6 is 35.3 Å². The number of aromatic nitrogens is 1. The van der Waals surface area contributed by atoms with Gasteiger partial charge in [0.15, 0.2) is 5.96 Å². The molecule has 1 aliphatic rings. The molecule has 0 aliphatic carbocycles. The molecule has 2 N–H and O–H groups in total. The maximum Gasteiger partial charge on any atom is 0.191 e. The Labute approximate surface area is 161 Å². The predicted octanol–water partition coefficient (Wildman–Crippen LogP) is 2.92. The summed E-state index contributed by atoms with van der Waals surface area (Å²) in [7, 11) is 1.82. The number of thiazole rings is 1. The molecular weight excluding hydrogens is 421 g/mol. The Hall–Kier alpha value is -0.410. The summed E-state index contributed by atoms with van der Waals surface area (Å²) < 4.78 is 0. The Balaban J connectivity index is 0.00000264. The zero-order valence-corrected chi connectivity index (χ0v) is 17.7. The molecule has 0 radical (unpaired) electrons. The van der Waals surface area contributed by atoms with Crippen molar-refractivity contribution in [2.24, 2.45) is 4.99 Å². The number of halogens is 1. The number of nitrogens with zero attached hydrogens (tertiary/aromatic N) is 3. The minimum Gasteiger partial charge on any atom is -0.356 e. The summed E-state index contributed by atoms with van der Waals surface area (Å²) in [5.41, 5.74) is 1.13. The smallest absolute Gasteiger partial charge is 0.191 e. The highest BCUT2D eigenvalue weighted by Crippen LogP contribution is 2.15. The highest BCUT2D eigenvalue weighted by Gasteiger charge is 2.10. The van der Waals surface area contributed by atoms with E-state index < -0.39 is 0 Å². The number of guanidine groups is 1. The largest absolute Gasteiger partial charge is 0.356 e. The molecule has 5 nitrogen and oxygen atoms in total. The van der Waals surface area contributed by atoms with Crippen molar-refractivity contribution in [1.29, 1.82) is 0 Å². The van der Waals surface area contributed by atoms with E-state index in [9.17, 15) is 0 Å². The summed E-state index contributed by atoms with van der Waals surface area (Å²) >= 11 is 1.75. The van der Waals surface area contributed by atoms with E-state index in [-0.39, 0.29) is 24.0 Å². The fourth-order valence-electron chi connectivity index (χ4n) is 2.67. The second-order valence-electron chi connectivity index (χ2n) is 5.86. The molecule has 0 atom stereocenters. The van der Waals surface area contributed by atoms with Crippen LogP contribution in [0.1, 0.15) is 41.3 Å². The van der Waals surface area contributed by atoms with Crippen molar-refractivity contribution >= 4 is 41.3 Å². The number of hydrogen-bond acceptors (Lipinski definition) is 4. The Morgan fingerprint density at radius 2 is 1.96 bits per heavy atom. The van der Waals surface area contributed by atoms with Crippen LogP contribution in [0.3, 0.4) is 0 Å². The van der Waals surface area contributed by atoms with Crippen LogP contribution in [0.15, 0.2) is 4.99 Å². The van der Waals surface area contributed by atoms with Crippen LogP contribution in [0.2, 0.25) is 0 Å². The Bertz CT molecular complexity index is 463. The first kappa shape index (κ1) is 20.6. The van der Waals surface area contributed by atoms with Gasteiger partial charge in [-0.25, -0.2) is 4.98 Å². The second-order valence-corrected chi connectivity index (χ2v) is 7.15. The number of unbranched alkanes of at least 4 members (excludes halogenated alkanes) is 1. The third-order valence-corrected chi connectivity index (χ3v) is 5.17. The first-order chi connectivity index (χ1) is 10.7. The van der Waals surface area contributed by atoms with Crippen LogP contribution in [0, 0.1) is 13.8 Å².